The number of allylic oxidation sites excluding steroid dienone is 3. The molecular formula is C20H28O2. The molecule has 2 aliphatic heterocycles. The van der Waals surface area contributed by atoms with Crippen molar-refractivity contribution in [3.05, 3.63) is 23.8 Å². The topological polar surface area (TPSA) is 26.3 Å². The molecule has 0 N–H and O–H groups in total. The maximum Gasteiger partial charge on any atom is 0.142 e. The molecule has 22 heavy (non-hydrogen) atoms. The second kappa shape index (κ2) is 4.80. The summed E-state index contributed by atoms with van der Waals surface area (Å²) in [5.41, 5.74) is 1.02. The molecule has 4 bridgehead atoms. The number of carbonyl (C=O) groups excluding carboxylic acids is 1. The quantitative estimate of drug-likeness (QED) is 0.704. The van der Waals surface area contributed by atoms with Gasteiger partial charge in [-0.05, 0) is 51.9 Å². The van der Waals surface area contributed by atoms with E-state index in [2.05, 4.69) is 32.1 Å². The van der Waals surface area contributed by atoms with Gasteiger partial charge in [-0.25, -0.2) is 0 Å². The molecule has 5 fully saturated rings. The number of ketones is 1. The number of fused-ring (bicyclic) bond motifs is 1. The second-order valence-electron chi connectivity index (χ2n) is 8.21. The molecule has 0 amide bonds. The lowest BCUT2D eigenvalue weighted by atomic mass is 9.55. The molecule has 2 saturated heterocycles. The lowest BCUT2D eigenvalue weighted by Gasteiger charge is -2.61. The monoisotopic (exact) mass is 300 g/mol. The van der Waals surface area contributed by atoms with E-state index in [0.29, 0.717) is 30.0 Å². The van der Waals surface area contributed by atoms with Crippen molar-refractivity contribution >= 4 is 5.78 Å². The van der Waals surface area contributed by atoms with Gasteiger partial charge in [-0.15, -0.1) is 0 Å². The van der Waals surface area contributed by atoms with Gasteiger partial charge in [0, 0.05) is 12.3 Å². The van der Waals surface area contributed by atoms with Gasteiger partial charge in [0.1, 0.15) is 5.78 Å². The first-order valence-corrected chi connectivity index (χ1v) is 9.04. The molecule has 3 saturated carbocycles. The molecule has 1 spiro atoms. The van der Waals surface area contributed by atoms with Gasteiger partial charge >= 0.3 is 0 Å². The summed E-state index contributed by atoms with van der Waals surface area (Å²) in [5, 5.41) is 0. The van der Waals surface area contributed by atoms with E-state index in [1.165, 1.54) is 24.8 Å². The van der Waals surface area contributed by atoms with Crippen molar-refractivity contribution in [1.29, 1.82) is 0 Å². The SMILES string of the molecule is C/C=C\C=C(/C)C1C[C@@H]2C3CCCCC34CC(=O)C2C1(C)O4. The molecule has 2 heteroatoms. The van der Waals surface area contributed by atoms with Crippen LogP contribution in [0.4, 0.5) is 0 Å². The molecule has 0 aromatic rings. The number of Topliss-reactive ketones (excluding diaryl/α,β-unsaturated/α-hetero) is 1. The number of hydrogen-bond donors (Lipinski definition) is 0. The molecule has 2 nitrogen and oxygen atoms in total. The Hall–Kier alpha value is -0.890. The van der Waals surface area contributed by atoms with Gasteiger partial charge in [0.15, 0.2) is 0 Å². The van der Waals surface area contributed by atoms with Crippen molar-refractivity contribution < 1.29 is 9.53 Å². The normalized spacial score (nSPS) is 50.7. The highest BCUT2D eigenvalue weighted by atomic mass is 16.5. The first-order valence-electron chi connectivity index (χ1n) is 9.04. The van der Waals surface area contributed by atoms with Crippen LogP contribution < -0.4 is 0 Å². The van der Waals surface area contributed by atoms with Gasteiger partial charge in [0.05, 0.1) is 17.1 Å². The molecule has 5 aliphatic rings. The van der Waals surface area contributed by atoms with E-state index in [0.717, 1.165) is 12.8 Å². The fourth-order valence-corrected chi connectivity index (χ4v) is 6.44. The summed E-state index contributed by atoms with van der Waals surface area (Å²) in [4.78, 5) is 12.8. The van der Waals surface area contributed by atoms with Crippen molar-refractivity contribution in [1.82, 2.24) is 0 Å². The van der Waals surface area contributed by atoms with E-state index in [1.54, 1.807) is 0 Å². The Balaban J connectivity index is 1.76. The van der Waals surface area contributed by atoms with Crippen LogP contribution in [0.25, 0.3) is 0 Å². The van der Waals surface area contributed by atoms with Crippen molar-refractivity contribution in [3.8, 4) is 0 Å². The Kier molecular flexibility index (Phi) is 3.21. The lowest BCUT2D eigenvalue weighted by Crippen LogP contribution is -2.67. The molecule has 120 valence electrons. The lowest BCUT2D eigenvalue weighted by molar-refractivity contribution is -0.270. The van der Waals surface area contributed by atoms with Gasteiger partial charge in [0.25, 0.3) is 0 Å². The maximum atomic E-state index is 12.8. The average molecular weight is 300 g/mol. The smallest absolute Gasteiger partial charge is 0.142 e. The molecule has 5 unspecified atom stereocenters. The minimum Gasteiger partial charge on any atom is -0.367 e. The summed E-state index contributed by atoms with van der Waals surface area (Å²) in [6, 6.07) is 0. The Bertz CT molecular complexity index is 560. The third-order valence-electron chi connectivity index (χ3n) is 7.15. The third kappa shape index (κ3) is 1.73. The number of hydrogen-bond acceptors (Lipinski definition) is 2. The molecular weight excluding hydrogens is 272 g/mol. The van der Waals surface area contributed by atoms with Gasteiger partial charge in [-0.3, -0.25) is 4.79 Å². The fraction of sp³-hybridized carbons (Fsp3) is 0.750. The standard InChI is InChI=1S/C20H28O2/c1-4-5-8-13(2)16-11-14-15-9-6-7-10-20(15)12-17(21)18(14)19(16,3)22-20/h4-5,8,14-16,18H,6-7,9-12H2,1-3H3/b5-4-,13-8+/t14-,15?,16?,18?,19?,20?/m1/s1. The van der Waals surface area contributed by atoms with Crippen LogP contribution in [0.3, 0.4) is 0 Å². The number of ether oxygens (including phenoxy) is 1. The van der Waals surface area contributed by atoms with E-state index in [9.17, 15) is 4.79 Å². The van der Waals surface area contributed by atoms with E-state index < -0.39 is 0 Å². The van der Waals surface area contributed by atoms with Gasteiger partial charge in [0.2, 0.25) is 0 Å². The first-order chi connectivity index (χ1) is 10.5. The predicted molar refractivity (Wildman–Crippen MR) is 87.5 cm³/mol. The van der Waals surface area contributed by atoms with Crippen LogP contribution >= 0.6 is 0 Å². The Morgan fingerprint density at radius 3 is 2.95 bits per heavy atom. The number of carbonyl (C=O) groups is 1. The van der Waals surface area contributed by atoms with Gasteiger partial charge < -0.3 is 4.74 Å². The van der Waals surface area contributed by atoms with Crippen molar-refractivity contribution in [2.24, 2.45) is 23.7 Å². The zero-order chi connectivity index (χ0) is 15.5. The maximum absolute atomic E-state index is 12.8. The highest BCUT2D eigenvalue weighted by molar-refractivity contribution is 5.86. The van der Waals surface area contributed by atoms with Crippen molar-refractivity contribution in [2.45, 2.75) is 70.5 Å². The zero-order valence-corrected chi connectivity index (χ0v) is 14.1. The van der Waals surface area contributed by atoms with Crippen LogP contribution in [-0.2, 0) is 9.53 Å². The van der Waals surface area contributed by atoms with E-state index in [-0.39, 0.29) is 17.1 Å². The van der Waals surface area contributed by atoms with Crippen LogP contribution in [0.5, 0.6) is 0 Å². The highest BCUT2D eigenvalue weighted by Gasteiger charge is 2.71. The summed E-state index contributed by atoms with van der Waals surface area (Å²) in [6.45, 7) is 6.51. The Morgan fingerprint density at radius 2 is 2.18 bits per heavy atom. The van der Waals surface area contributed by atoms with Crippen LogP contribution in [0, 0.1) is 23.7 Å². The van der Waals surface area contributed by atoms with Crippen LogP contribution in [-0.4, -0.2) is 17.0 Å². The molecule has 0 aromatic heterocycles. The van der Waals surface area contributed by atoms with E-state index in [1.807, 2.05) is 6.92 Å². The van der Waals surface area contributed by atoms with Crippen molar-refractivity contribution in [2.75, 3.05) is 0 Å². The molecule has 5 rings (SSSR count). The molecule has 0 radical (unpaired) electrons. The van der Waals surface area contributed by atoms with Crippen LogP contribution in [0.15, 0.2) is 23.8 Å². The van der Waals surface area contributed by atoms with Crippen molar-refractivity contribution in [3.63, 3.8) is 0 Å². The minimum absolute atomic E-state index is 0.112. The third-order valence-corrected chi connectivity index (χ3v) is 7.15. The molecule has 2 heterocycles. The Labute approximate surface area is 134 Å². The zero-order valence-electron chi connectivity index (χ0n) is 14.1. The fourth-order valence-electron chi connectivity index (χ4n) is 6.44. The summed E-state index contributed by atoms with van der Waals surface area (Å²) in [6.07, 6.45) is 13.2. The number of rotatable bonds is 2. The van der Waals surface area contributed by atoms with Crippen LogP contribution in [0.1, 0.15) is 59.3 Å². The van der Waals surface area contributed by atoms with Crippen LogP contribution in [0.2, 0.25) is 0 Å². The largest absolute Gasteiger partial charge is 0.367 e. The summed E-state index contributed by atoms with van der Waals surface area (Å²) < 4.78 is 6.85. The molecule has 6 atom stereocenters. The average Bonchev–Trinajstić information content (AvgIpc) is 2.73. The van der Waals surface area contributed by atoms with Gasteiger partial charge in [-0.1, -0.05) is 36.6 Å². The van der Waals surface area contributed by atoms with Gasteiger partial charge in [-0.2, -0.15) is 0 Å². The molecule has 3 aliphatic carbocycles. The van der Waals surface area contributed by atoms with E-state index >= 15 is 0 Å². The van der Waals surface area contributed by atoms with E-state index in [4.69, 9.17) is 4.74 Å². The predicted octanol–water partition coefficient (Wildman–Crippen LogP) is 4.45. The summed E-state index contributed by atoms with van der Waals surface area (Å²) in [7, 11) is 0. The second-order valence-corrected chi connectivity index (χ2v) is 8.21. The molecule has 0 aromatic carbocycles. The summed E-state index contributed by atoms with van der Waals surface area (Å²) in [5.74, 6) is 2.26. The first kappa shape index (κ1) is 14.7. The Morgan fingerprint density at radius 1 is 1.36 bits per heavy atom. The highest BCUT2D eigenvalue weighted by Crippen LogP contribution is 2.67. The minimum atomic E-state index is -0.254. The summed E-state index contributed by atoms with van der Waals surface area (Å²) >= 11 is 0.